The fourth-order valence-electron chi connectivity index (χ4n) is 0.868. The van der Waals surface area contributed by atoms with Crippen LogP contribution in [0.5, 0.6) is 0 Å². The molecule has 0 aliphatic rings. The predicted molar refractivity (Wildman–Crippen MR) is 53.0 cm³/mol. The van der Waals surface area contributed by atoms with Crippen LogP contribution in [0.2, 0.25) is 0 Å². The minimum Gasteiger partial charge on any atom is -0.360 e. The number of hydrogen-bond acceptors (Lipinski definition) is 4. The Hall–Kier alpha value is -0.850. The third-order valence-electron chi connectivity index (χ3n) is 1.49. The van der Waals surface area contributed by atoms with Crippen LogP contribution in [0.4, 0.5) is 18.3 Å². The van der Waals surface area contributed by atoms with Gasteiger partial charge in [0, 0.05) is 18.1 Å². The van der Waals surface area contributed by atoms with Gasteiger partial charge in [0.25, 0.3) is 0 Å². The Labute approximate surface area is 89.9 Å². The number of anilines is 1. The molecule has 0 bridgehead atoms. The second kappa shape index (κ2) is 4.78. The van der Waals surface area contributed by atoms with Gasteiger partial charge >= 0.3 is 6.18 Å². The number of aromatic nitrogens is 2. The van der Waals surface area contributed by atoms with E-state index >= 15 is 0 Å². The molecule has 1 heterocycles. The SMILES string of the molecule is CC(C)CNc1nc(CC(F)(F)F)ns1. The third-order valence-corrected chi connectivity index (χ3v) is 2.20. The highest BCUT2D eigenvalue weighted by Gasteiger charge is 2.30. The van der Waals surface area contributed by atoms with Gasteiger partial charge in [0.1, 0.15) is 6.42 Å². The van der Waals surface area contributed by atoms with Crippen LogP contribution >= 0.6 is 11.5 Å². The predicted octanol–water partition coefficient (Wildman–Crippen LogP) is 2.71. The van der Waals surface area contributed by atoms with Crippen LogP contribution in [0.3, 0.4) is 0 Å². The summed E-state index contributed by atoms with van der Waals surface area (Å²) in [6.45, 7) is 4.69. The van der Waals surface area contributed by atoms with Gasteiger partial charge in [0.05, 0.1) is 0 Å². The molecular formula is C8H12F3N3S. The van der Waals surface area contributed by atoms with Crippen molar-refractivity contribution in [3.63, 3.8) is 0 Å². The average molecular weight is 239 g/mol. The first kappa shape index (κ1) is 12.2. The summed E-state index contributed by atoms with van der Waals surface area (Å²) in [6.07, 6.45) is -5.30. The van der Waals surface area contributed by atoms with Gasteiger partial charge in [-0.2, -0.15) is 17.5 Å². The molecule has 1 aromatic heterocycles. The van der Waals surface area contributed by atoms with Crippen molar-refractivity contribution in [3.05, 3.63) is 5.82 Å². The molecule has 1 aromatic rings. The molecule has 0 saturated heterocycles. The van der Waals surface area contributed by atoms with Crippen LogP contribution in [0.1, 0.15) is 19.7 Å². The lowest BCUT2D eigenvalue weighted by Crippen LogP contribution is -2.13. The van der Waals surface area contributed by atoms with Gasteiger partial charge in [-0.15, -0.1) is 0 Å². The Bertz CT molecular complexity index is 308. The summed E-state index contributed by atoms with van der Waals surface area (Å²) in [7, 11) is 0. The average Bonchev–Trinajstić information content (AvgIpc) is 2.45. The largest absolute Gasteiger partial charge is 0.396 e. The summed E-state index contributed by atoms with van der Waals surface area (Å²) in [5, 5.41) is 3.37. The molecule has 86 valence electrons. The molecule has 1 rings (SSSR count). The summed E-state index contributed by atoms with van der Waals surface area (Å²) in [5.41, 5.74) is 0. The Morgan fingerprint density at radius 2 is 2.07 bits per heavy atom. The molecule has 0 aliphatic carbocycles. The van der Waals surface area contributed by atoms with Crippen LogP contribution in [-0.4, -0.2) is 22.1 Å². The van der Waals surface area contributed by atoms with Crippen LogP contribution in [0.15, 0.2) is 0 Å². The fourth-order valence-corrected chi connectivity index (χ4v) is 1.46. The molecule has 0 amide bonds. The van der Waals surface area contributed by atoms with Gasteiger partial charge in [-0.1, -0.05) is 13.8 Å². The second-order valence-corrected chi connectivity index (χ2v) is 4.33. The van der Waals surface area contributed by atoms with E-state index in [1.807, 2.05) is 13.8 Å². The van der Waals surface area contributed by atoms with Crippen molar-refractivity contribution in [2.45, 2.75) is 26.4 Å². The lowest BCUT2D eigenvalue weighted by molar-refractivity contribution is -0.128. The second-order valence-electron chi connectivity index (χ2n) is 3.58. The van der Waals surface area contributed by atoms with E-state index < -0.39 is 12.6 Å². The molecule has 0 aliphatic heterocycles. The molecule has 0 spiro atoms. The maximum atomic E-state index is 12.0. The maximum Gasteiger partial charge on any atom is 0.396 e. The standard InChI is InChI=1S/C8H12F3N3S/c1-5(2)4-12-7-13-6(14-15-7)3-8(9,10)11/h5H,3-4H2,1-2H3,(H,12,13,14). The van der Waals surface area contributed by atoms with E-state index in [4.69, 9.17) is 0 Å². The molecule has 3 nitrogen and oxygen atoms in total. The Balaban J connectivity index is 2.49. The minimum absolute atomic E-state index is 0.168. The molecule has 0 aromatic carbocycles. The van der Waals surface area contributed by atoms with E-state index in [2.05, 4.69) is 14.7 Å². The van der Waals surface area contributed by atoms with Crippen molar-refractivity contribution in [1.82, 2.24) is 9.36 Å². The topological polar surface area (TPSA) is 37.8 Å². The van der Waals surface area contributed by atoms with Gasteiger partial charge in [0.15, 0.2) is 5.82 Å². The first-order valence-electron chi connectivity index (χ1n) is 4.50. The lowest BCUT2D eigenvalue weighted by Gasteiger charge is -2.04. The van der Waals surface area contributed by atoms with Crippen molar-refractivity contribution in [2.24, 2.45) is 5.92 Å². The number of nitrogens with one attached hydrogen (secondary N) is 1. The number of rotatable bonds is 4. The van der Waals surface area contributed by atoms with Gasteiger partial charge in [-0.05, 0) is 5.92 Å². The van der Waals surface area contributed by atoms with Crippen molar-refractivity contribution in [2.75, 3.05) is 11.9 Å². The summed E-state index contributed by atoms with van der Waals surface area (Å²) >= 11 is 0.960. The van der Waals surface area contributed by atoms with Crippen LogP contribution in [0.25, 0.3) is 0 Å². The van der Waals surface area contributed by atoms with E-state index in [0.717, 1.165) is 11.5 Å². The number of hydrogen-bond donors (Lipinski definition) is 1. The summed E-state index contributed by atoms with van der Waals surface area (Å²) in [5.74, 6) is 0.249. The number of alkyl halides is 3. The van der Waals surface area contributed by atoms with Gasteiger partial charge in [0.2, 0.25) is 5.13 Å². The van der Waals surface area contributed by atoms with Crippen molar-refractivity contribution >= 4 is 16.7 Å². The molecule has 0 unspecified atom stereocenters. The van der Waals surface area contributed by atoms with Crippen molar-refractivity contribution in [3.8, 4) is 0 Å². The van der Waals surface area contributed by atoms with Crippen LogP contribution < -0.4 is 5.32 Å². The van der Waals surface area contributed by atoms with Crippen LogP contribution in [0, 0.1) is 5.92 Å². The van der Waals surface area contributed by atoms with Gasteiger partial charge in [-0.25, -0.2) is 4.98 Å². The van der Waals surface area contributed by atoms with E-state index in [-0.39, 0.29) is 5.82 Å². The quantitative estimate of drug-likeness (QED) is 0.877. The Morgan fingerprint density at radius 3 is 2.60 bits per heavy atom. The first-order valence-corrected chi connectivity index (χ1v) is 5.27. The maximum absolute atomic E-state index is 12.0. The molecule has 15 heavy (non-hydrogen) atoms. The fraction of sp³-hybridized carbons (Fsp3) is 0.750. The molecule has 1 N–H and O–H groups in total. The number of nitrogens with zero attached hydrogens (tertiary/aromatic N) is 2. The highest BCUT2D eigenvalue weighted by molar-refractivity contribution is 7.09. The zero-order valence-corrected chi connectivity index (χ0v) is 9.24. The number of halogens is 3. The lowest BCUT2D eigenvalue weighted by atomic mass is 10.2. The van der Waals surface area contributed by atoms with E-state index in [1.54, 1.807) is 0 Å². The molecule has 0 saturated carbocycles. The highest BCUT2D eigenvalue weighted by atomic mass is 32.1. The smallest absolute Gasteiger partial charge is 0.360 e. The minimum atomic E-state index is -4.24. The van der Waals surface area contributed by atoms with E-state index in [9.17, 15) is 13.2 Å². The van der Waals surface area contributed by atoms with Gasteiger partial charge < -0.3 is 5.32 Å². The van der Waals surface area contributed by atoms with E-state index in [1.165, 1.54) is 0 Å². The molecule has 0 fully saturated rings. The monoisotopic (exact) mass is 239 g/mol. The molecule has 7 heteroatoms. The highest BCUT2D eigenvalue weighted by Crippen LogP contribution is 2.21. The van der Waals surface area contributed by atoms with Crippen molar-refractivity contribution in [1.29, 1.82) is 0 Å². The zero-order valence-electron chi connectivity index (χ0n) is 8.43. The van der Waals surface area contributed by atoms with Gasteiger partial charge in [-0.3, -0.25) is 0 Å². The summed E-state index contributed by atoms with van der Waals surface area (Å²) in [6, 6.07) is 0. The summed E-state index contributed by atoms with van der Waals surface area (Å²) in [4.78, 5) is 3.74. The molecule has 0 atom stereocenters. The van der Waals surface area contributed by atoms with Crippen LogP contribution in [-0.2, 0) is 6.42 Å². The normalized spacial score (nSPS) is 12.1. The summed E-state index contributed by atoms with van der Waals surface area (Å²) < 4.78 is 39.5. The molecule has 0 radical (unpaired) electrons. The van der Waals surface area contributed by atoms with Crippen molar-refractivity contribution < 1.29 is 13.2 Å². The molecular weight excluding hydrogens is 227 g/mol. The third kappa shape index (κ3) is 4.96. The van der Waals surface area contributed by atoms with E-state index in [0.29, 0.717) is 17.6 Å². The Morgan fingerprint density at radius 1 is 1.40 bits per heavy atom. The Kier molecular flexibility index (Phi) is 3.90. The zero-order chi connectivity index (χ0) is 11.5. The first-order chi connectivity index (χ1) is 6.87.